The van der Waals surface area contributed by atoms with Gasteiger partial charge in [-0.25, -0.2) is 0 Å². The topological polar surface area (TPSA) is 58.9 Å². The Bertz CT molecular complexity index is 304. The van der Waals surface area contributed by atoms with Crippen molar-refractivity contribution < 1.29 is 19.7 Å². The van der Waals surface area contributed by atoms with Gasteiger partial charge in [-0.2, -0.15) is 0 Å². The van der Waals surface area contributed by atoms with Gasteiger partial charge >= 0.3 is 0 Å². The number of hydrogen-bond donors (Lipinski definition) is 2. The minimum Gasteiger partial charge on any atom is -0.393 e. The second kappa shape index (κ2) is 7.36. The molecular weight excluding hydrogens is 359 g/mol. The third-order valence-corrected chi connectivity index (χ3v) is 3.95. The number of hydrogen-bond acceptors (Lipinski definition) is 4. The van der Waals surface area contributed by atoms with Crippen LogP contribution in [0.2, 0.25) is 0 Å². The molecule has 1 fully saturated rings. The quantitative estimate of drug-likeness (QED) is 0.419. The van der Waals surface area contributed by atoms with Crippen molar-refractivity contribution in [2.75, 3.05) is 4.43 Å². The number of alkyl halides is 1. The summed E-state index contributed by atoms with van der Waals surface area (Å²) in [6.07, 6.45) is 2.81. The lowest BCUT2D eigenvalue weighted by molar-refractivity contribution is -0.152. The number of aliphatic hydroxyl groups excluding tert-OH is 2. The van der Waals surface area contributed by atoms with Crippen LogP contribution in [0.15, 0.2) is 12.2 Å². The molecule has 1 unspecified atom stereocenters. The molecule has 1 aliphatic rings. The third kappa shape index (κ3) is 5.30. The van der Waals surface area contributed by atoms with Gasteiger partial charge in [0.2, 0.25) is 0 Å². The van der Waals surface area contributed by atoms with Gasteiger partial charge in [-0.3, -0.25) is 0 Å². The van der Waals surface area contributed by atoms with Crippen LogP contribution in [0, 0.1) is 5.92 Å². The first-order valence-corrected chi connectivity index (χ1v) is 8.25. The Hall–Kier alpha value is 0.310. The van der Waals surface area contributed by atoms with Crippen molar-refractivity contribution >= 4 is 22.6 Å². The van der Waals surface area contributed by atoms with Gasteiger partial charge < -0.3 is 19.7 Å². The number of halogens is 1. The second-order valence-electron chi connectivity index (χ2n) is 5.59. The highest BCUT2D eigenvalue weighted by Crippen LogP contribution is 2.32. The van der Waals surface area contributed by atoms with Gasteiger partial charge in [0, 0.05) is 4.43 Å². The molecule has 0 aromatic carbocycles. The predicted molar refractivity (Wildman–Crippen MR) is 83.3 cm³/mol. The summed E-state index contributed by atoms with van der Waals surface area (Å²) in [7, 11) is 0. The first-order chi connectivity index (χ1) is 8.76. The summed E-state index contributed by atoms with van der Waals surface area (Å²) in [5.74, 6) is -0.640. The maximum absolute atomic E-state index is 10.2. The van der Waals surface area contributed by atoms with E-state index in [1.807, 2.05) is 26.8 Å². The lowest BCUT2D eigenvalue weighted by atomic mass is 10.0. The van der Waals surface area contributed by atoms with E-state index in [4.69, 9.17) is 9.47 Å². The molecule has 5 atom stereocenters. The molecule has 0 aliphatic carbocycles. The van der Waals surface area contributed by atoms with Crippen LogP contribution in [0.25, 0.3) is 0 Å². The lowest BCUT2D eigenvalue weighted by Crippen LogP contribution is -2.34. The molecule has 1 aliphatic heterocycles. The largest absolute Gasteiger partial charge is 0.393 e. The van der Waals surface area contributed by atoms with Gasteiger partial charge in [0.1, 0.15) is 12.2 Å². The smallest absolute Gasteiger partial charge is 0.163 e. The van der Waals surface area contributed by atoms with E-state index >= 15 is 0 Å². The van der Waals surface area contributed by atoms with Crippen LogP contribution in [0.5, 0.6) is 0 Å². The molecule has 1 saturated heterocycles. The summed E-state index contributed by atoms with van der Waals surface area (Å²) in [4.78, 5) is 0. The molecule has 0 bridgehead atoms. The summed E-state index contributed by atoms with van der Waals surface area (Å²) >= 11 is 2.29. The van der Waals surface area contributed by atoms with E-state index in [0.717, 1.165) is 10.8 Å². The highest BCUT2D eigenvalue weighted by molar-refractivity contribution is 14.1. The maximum Gasteiger partial charge on any atom is 0.163 e. The zero-order valence-electron chi connectivity index (χ0n) is 12.0. The van der Waals surface area contributed by atoms with Crippen LogP contribution in [-0.4, -0.2) is 44.8 Å². The molecule has 0 aromatic heterocycles. The minimum atomic E-state index is -0.712. The molecule has 0 aromatic rings. The van der Waals surface area contributed by atoms with Crippen molar-refractivity contribution in [3.8, 4) is 0 Å². The Morgan fingerprint density at radius 2 is 1.84 bits per heavy atom. The average Bonchev–Trinajstić information content (AvgIpc) is 2.61. The Balaban J connectivity index is 2.66. The van der Waals surface area contributed by atoms with E-state index in [9.17, 15) is 10.2 Å². The molecule has 5 heteroatoms. The predicted octanol–water partition coefficient (Wildman–Crippen LogP) is 2.27. The van der Waals surface area contributed by atoms with Gasteiger partial charge in [-0.05, 0) is 33.1 Å². The maximum atomic E-state index is 10.2. The van der Waals surface area contributed by atoms with Crippen LogP contribution >= 0.6 is 22.6 Å². The van der Waals surface area contributed by atoms with E-state index in [-0.39, 0.29) is 18.1 Å². The summed E-state index contributed by atoms with van der Waals surface area (Å²) < 4.78 is 12.5. The Labute approximate surface area is 129 Å². The number of rotatable bonds is 6. The average molecular weight is 384 g/mol. The molecule has 2 N–H and O–H groups in total. The van der Waals surface area contributed by atoms with Crippen LogP contribution in [0.4, 0.5) is 0 Å². The summed E-state index contributed by atoms with van der Waals surface area (Å²) in [6.45, 7) is 7.37. The third-order valence-electron chi connectivity index (χ3n) is 3.32. The summed E-state index contributed by atoms with van der Waals surface area (Å²) in [5, 5.41) is 19.7. The van der Waals surface area contributed by atoms with Crippen LogP contribution in [-0.2, 0) is 9.47 Å². The SMILES string of the molecule is C[C@H](O)[C@H](C)/C=C\C(O)[C@H]1OC(C)(C)O[C@H]1CCI. The number of ether oxygens (including phenoxy) is 2. The van der Waals surface area contributed by atoms with Crippen molar-refractivity contribution in [2.45, 2.75) is 64.3 Å². The fourth-order valence-electron chi connectivity index (χ4n) is 2.04. The molecule has 0 saturated carbocycles. The summed E-state index contributed by atoms with van der Waals surface area (Å²) in [5.41, 5.74) is 0. The van der Waals surface area contributed by atoms with Gasteiger partial charge in [-0.15, -0.1) is 0 Å². The molecule has 4 nitrogen and oxygen atoms in total. The van der Waals surface area contributed by atoms with E-state index < -0.39 is 18.0 Å². The molecule has 112 valence electrons. The molecule has 0 amide bonds. The van der Waals surface area contributed by atoms with E-state index in [1.165, 1.54) is 0 Å². The molecule has 19 heavy (non-hydrogen) atoms. The second-order valence-corrected chi connectivity index (χ2v) is 6.67. The van der Waals surface area contributed by atoms with Crippen LogP contribution in [0.3, 0.4) is 0 Å². The van der Waals surface area contributed by atoms with Gasteiger partial charge in [-0.1, -0.05) is 41.7 Å². The monoisotopic (exact) mass is 384 g/mol. The fourth-order valence-corrected chi connectivity index (χ4v) is 2.66. The van der Waals surface area contributed by atoms with E-state index in [0.29, 0.717) is 0 Å². The lowest BCUT2D eigenvalue weighted by Gasteiger charge is -2.20. The summed E-state index contributed by atoms with van der Waals surface area (Å²) in [6, 6.07) is 0. The van der Waals surface area contributed by atoms with Gasteiger partial charge in [0.15, 0.2) is 5.79 Å². The molecule has 1 heterocycles. The minimum absolute atomic E-state index is 0.00741. The Kier molecular flexibility index (Phi) is 6.72. The Morgan fingerprint density at radius 3 is 2.37 bits per heavy atom. The molecule has 1 rings (SSSR count). The normalized spacial score (nSPS) is 31.5. The zero-order valence-corrected chi connectivity index (χ0v) is 14.2. The number of aliphatic hydroxyl groups is 2. The highest BCUT2D eigenvalue weighted by Gasteiger charge is 2.43. The zero-order chi connectivity index (χ0) is 14.6. The first-order valence-electron chi connectivity index (χ1n) is 6.73. The van der Waals surface area contributed by atoms with Crippen molar-refractivity contribution in [3.05, 3.63) is 12.2 Å². The molecular formula is C14H25IO4. The highest BCUT2D eigenvalue weighted by atomic mass is 127. The van der Waals surface area contributed by atoms with E-state index in [2.05, 4.69) is 22.6 Å². The first kappa shape index (κ1) is 17.4. The van der Waals surface area contributed by atoms with Crippen molar-refractivity contribution in [1.82, 2.24) is 0 Å². The fraction of sp³-hybridized carbons (Fsp3) is 0.857. The standard InChI is InChI=1S/C14H25IO4/c1-9(10(2)16)5-6-11(17)13-12(7-8-15)18-14(3,4)19-13/h5-6,9-13,16-17H,7-8H2,1-4H3/b6-5-/t9-,10+,11?,12+,13-/m1/s1. The van der Waals surface area contributed by atoms with Crippen molar-refractivity contribution in [3.63, 3.8) is 0 Å². The van der Waals surface area contributed by atoms with Gasteiger partial charge in [0.05, 0.1) is 12.2 Å². The Morgan fingerprint density at radius 1 is 1.21 bits per heavy atom. The van der Waals surface area contributed by atoms with Crippen molar-refractivity contribution in [1.29, 1.82) is 0 Å². The molecule has 0 radical (unpaired) electrons. The molecule has 0 spiro atoms. The van der Waals surface area contributed by atoms with Crippen molar-refractivity contribution in [2.24, 2.45) is 5.92 Å². The van der Waals surface area contributed by atoms with E-state index in [1.54, 1.807) is 13.0 Å². The van der Waals surface area contributed by atoms with Crippen LogP contribution < -0.4 is 0 Å². The van der Waals surface area contributed by atoms with Crippen LogP contribution in [0.1, 0.15) is 34.1 Å². The van der Waals surface area contributed by atoms with Gasteiger partial charge in [0.25, 0.3) is 0 Å².